The summed E-state index contributed by atoms with van der Waals surface area (Å²) in [5.74, 6) is 0. The highest BCUT2D eigenvalue weighted by Gasteiger charge is 2.22. The second-order valence-corrected chi connectivity index (χ2v) is 7.65. The summed E-state index contributed by atoms with van der Waals surface area (Å²) >= 11 is 0. The zero-order valence-corrected chi connectivity index (χ0v) is 15.9. The van der Waals surface area contributed by atoms with Gasteiger partial charge in [-0.3, -0.25) is 9.67 Å². The van der Waals surface area contributed by atoms with Crippen LogP contribution in [0.3, 0.4) is 0 Å². The summed E-state index contributed by atoms with van der Waals surface area (Å²) in [4.78, 5) is 16.6. The third-order valence-corrected chi connectivity index (χ3v) is 5.71. The first-order valence-corrected chi connectivity index (χ1v) is 10.4. The second-order valence-electron chi connectivity index (χ2n) is 7.65. The van der Waals surface area contributed by atoms with Crippen molar-refractivity contribution in [3.63, 3.8) is 0 Å². The molecule has 0 atom stereocenters. The van der Waals surface area contributed by atoms with Crippen molar-refractivity contribution < 1.29 is 4.79 Å². The van der Waals surface area contributed by atoms with E-state index in [9.17, 15) is 4.79 Å². The number of amides is 2. The van der Waals surface area contributed by atoms with E-state index in [1.807, 2.05) is 24.4 Å². The van der Waals surface area contributed by atoms with Crippen molar-refractivity contribution in [3.8, 4) is 11.4 Å². The highest BCUT2D eigenvalue weighted by Crippen LogP contribution is 2.30. The smallest absolute Gasteiger partial charge is 0.315 e. The minimum Gasteiger partial charge on any atom is -0.336 e. The van der Waals surface area contributed by atoms with Gasteiger partial charge in [0.25, 0.3) is 0 Å². The fourth-order valence-electron chi connectivity index (χ4n) is 4.32. The molecule has 0 aromatic carbocycles. The third kappa shape index (κ3) is 4.31. The predicted molar refractivity (Wildman–Crippen MR) is 106 cm³/mol. The Hall–Kier alpha value is -2.37. The molecule has 0 radical (unpaired) electrons. The van der Waals surface area contributed by atoms with Gasteiger partial charge < -0.3 is 10.6 Å². The topological polar surface area (TPSA) is 71.8 Å². The van der Waals surface area contributed by atoms with Gasteiger partial charge in [-0.25, -0.2) is 4.79 Å². The maximum Gasteiger partial charge on any atom is 0.315 e. The molecule has 2 N–H and O–H groups in total. The third-order valence-electron chi connectivity index (χ3n) is 5.71. The molecular formula is C21H29N5O. The number of hydrogen-bond acceptors (Lipinski definition) is 3. The Bertz CT molecular complexity index is 764. The van der Waals surface area contributed by atoms with Crippen molar-refractivity contribution in [2.75, 3.05) is 6.54 Å². The molecule has 2 aromatic rings. The van der Waals surface area contributed by atoms with Crippen LogP contribution in [0.1, 0.15) is 56.2 Å². The highest BCUT2D eigenvalue weighted by molar-refractivity contribution is 5.74. The van der Waals surface area contributed by atoms with E-state index in [1.165, 1.54) is 43.4 Å². The van der Waals surface area contributed by atoms with Gasteiger partial charge in [0.2, 0.25) is 0 Å². The van der Waals surface area contributed by atoms with Crippen LogP contribution >= 0.6 is 0 Å². The predicted octanol–water partition coefficient (Wildman–Crippen LogP) is 3.46. The summed E-state index contributed by atoms with van der Waals surface area (Å²) in [6.45, 7) is 1.29. The Morgan fingerprint density at radius 2 is 1.96 bits per heavy atom. The molecule has 144 valence electrons. The van der Waals surface area contributed by atoms with E-state index in [-0.39, 0.29) is 6.03 Å². The van der Waals surface area contributed by atoms with Gasteiger partial charge in [-0.2, -0.15) is 5.10 Å². The summed E-state index contributed by atoms with van der Waals surface area (Å²) in [5, 5.41) is 11.0. The molecule has 2 aromatic heterocycles. The number of carbonyl (C=O) groups is 1. The summed E-state index contributed by atoms with van der Waals surface area (Å²) in [6, 6.07) is 6.26. The van der Waals surface area contributed by atoms with Crippen LogP contribution < -0.4 is 10.6 Å². The lowest BCUT2D eigenvalue weighted by Gasteiger charge is -2.23. The van der Waals surface area contributed by atoms with Gasteiger partial charge in [0, 0.05) is 30.0 Å². The first-order valence-electron chi connectivity index (χ1n) is 10.4. The van der Waals surface area contributed by atoms with Crippen molar-refractivity contribution in [1.29, 1.82) is 0 Å². The molecule has 0 unspecified atom stereocenters. The van der Waals surface area contributed by atoms with Crippen LogP contribution in [0.5, 0.6) is 0 Å². The number of nitrogens with one attached hydrogen (secondary N) is 2. The Morgan fingerprint density at radius 1 is 1.11 bits per heavy atom. The average Bonchev–Trinajstić information content (AvgIpc) is 3.08. The van der Waals surface area contributed by atoms with Crippen LogP contribution in [0.15, 0.2) is 24.4 Å². The summed E-state index contributed by atoms with van der Waals surface area (Å²) in [7, 11) is 0. The fraction of sp³-hybridized carbons (Fsp3) is 0.571. The second kappa shape index (κ2) is 8.55. The lowest BCUT2D eigenvalue weighted by molar-refractivity contribution is 0.232. The van der Waals surface area contributed by atoms with Crippen molar-refractivity contribution >= 4 is 6.03 Å². The van der Waals surface area contributed by atoms with Crippen molar-refractivity contribution in [2.24, 2.45) is 0 Å². The van der Waals surface area contributed by atoms with E-state index < -0.39 is 0 Å². The quantitative estimate of drug-likeness (QED) is 0.850. The number of pyridine rings is 1. The highest BCUT2D eigenvalue weighted by atomic mass is 16.2. The maximum atomic E-state index is 12.2. The lowest BCUT2D eigenvalue weighted by atomic mass is 9.95. The first-order chi connectivity index (χ1) is 13.3. The molecule has 2 aliphatic rings. The van der Waals surface area contributed by atoms with Crippen LogP contribution in [0.25, 0.3) is 11.4 Å². The molecule has 0 saturated heterocycles. The molecule has 6 nitrogen and oxygen atoms in total. The minimum absolute atomic E-state index is 0.0483. The maximum absolute atomic E-state index is 12.2. The molecule has 4 rings (SSSR count). The molecule has 1 fully saturated rings. The average molecular weight is 367 g/mol. The SMILES string of the molecule is O=C(NCCn1nc(-c2ccccn2)c2c1CCCC2)NC1CCCCC1. The Morgan fingerprint density at radius 3 is 2.78 bits per heavy atom. The van der Waals surface area contributed by atoms with Crippen LogP contribution in [0.4, 0.5) is 4.79 Å². The van der Waals surface area contributed by atoms with Gasteiger partial charge in [-0.15, -0.1) is 0 Å². The van der Waals surface area contributed by atoms with Gasteiger partial charge in [0.05, 0.1) is 12.2 Å². The Labute approximate surface area is 160 Å². The summed E-state index contributed by atoms with van der Waals surface area (Å²) < 4.78 is 2.08. The van der Waals surface area contributed by atoms with Crippen molar-refractivity contribution in [1.82, 2.24) is 25.4 Å². The van der Waals surface area contributed by atoms with Gasteiger partial charge in [0.15, 0.2) is 0 Å². The summed E-state index contributed by atoms with van der Waals surface area (Å²) in [5.41, 5.74) is 4.61. The molecule has 2 heterocycles. The first kappa shape index (κ1) is 18.0. The number of aromatic nitrogens is 3. The van der Waals surface area contributed by atoms with E-state index in [1.54, 1.807) is 0 Å². The number of nitrogens with zero attached hydrogens (tertiary/aromatic N) is 3. The Balaban J connectivity index is 1.39. The molecule has 0 bridgehead atoms. The number of fused-ring (bicyclic) bond motifs is 1. The van der Waals surface area contributed by atoms with E-state index in [0.29, 0.717) is 19.1 Å². The fourth-order valence-corrected chi connectivity index (χ4v) is 4.32. The van der Waals surface area contributed by atoms with Gasteiger partial charge in [-0.1, -0.05) is 25.3 Å². The van der Waals surface area contributed by atoms with Crippen molar-refractivity contribution in [2.45, 2.75) is 70.4 Å². The largest absolute Gasteiger partial charge is 0.336 e. The van der Waals surface area contributed by atoms with E-state index >= 15 is 0 Å². The molecule has 0 aliphatic heterocycles. The minimum atomic E-state index is -0.0483. The van der Waals surface area contributed by atoms with Crippen LogP contribution in [-0.4, -0.2) is 33.4 Å². The number of rotatable bonds is 5. The molecule has 1 saturated carbocycles. The standard InChI is InChI=1S/C21H29N5O/c27-21(24-16-8-2-1-3-9-16)23-14-15-26-19-12-5-4-10-17(19)20(25-26)18-11-6-7-13-22-18/h6-7,11,13,16H,1-5,8-10,12,14-15H2,(H2,23,24,27). The van der Waals surface area contributed by atoms with Gasteiger partial charge in [0.1, 0.15) is 5.69 Å². The molecule has 6 heteroatoms. The van der Waals surface area contributed by atoms with Crippen LogP contribution in [-0.2, 0) is 19.4 Å². The van der Waals surface area contributed by atoms with Gasteiger partial charge in [-0.05, 0) is 50.7 Å². The zero-order valence-electron chi connectivity index (χ0n) is 15.9. The molecular weight excluding hydrogens is 338 g/mol. The van der Waals surface area contributed by atoms with E-state index in [0.717, 1.165) is 37.1 Å². The molecule has 0 spiro atoms. The number of urea groups is 1. The van der Waals surface area contributed by atoms with Gasteiger partial charge >= 0.3 is 6.03 Å². The van der Waals surface area contributed by atoms with Crippen LogP contribution in [0, 0.1) is 0 Å². The zero-order chi connectivity index (χ0) is 18.5. The molecule has 27 heavy (non-hydrogen) atoms. The number of hydrogen-bond donors (Lipinski definition) is 2. The monoisotopic (exact) mass is 367 g/mol. The molecule has 2 aliphatic carbocycles. The van der Waals surface area contributed by atoms with Crippen LogP contribution in [0.2, 0.25) is 0 Å². The Kier molecular flexibility index (Phi) is 5.70. The van der Waals surface area contributed by atoms with E-state index in [2.05, 4.69) is 20.3 Å². The van der Waals surface area contributed by atoms with E-state index in [4.69, 9.17) is 5.10 Å². The molecule has 2 amide bonds. The lowest BCUT2D eigenvalue weighted by Crippen LogP contribution is -2.43. The normalized spacial score (nSPS) is 17.3. The van der Waals surface area contributed by atoms with Crippen molar-refractivity contribution in [3.05, 3.63) is 35.7 Å². The number of carbonyl (C=O) groups excluding carboxylic acids is 1. The summed E-state index contributed by atoms with van der Waals surface area (Å²) in [6.07, 6.45) is 12.3.